The molecule has 0 radical (unpaired) electrons. The Kier molecular flexibility index (Phi) is 6.06. The topological polar surface area (TPSA) is 69.0 Å². The number of alkyl halides is 5. The highest BCUT2D eigenvalue weighted by Crippen LogP contribution is 2.41. The Morgan fingerprint density at radius 2 is 1.94 bits per heavy atom. The van der Waals surface area contributed by atoms with Crippen LogP contribution in [0.1, 0.15) is 35.0 Å². The first-order valence-electron chi connectivity index (χ1n) is 9.81. The number of aromatic nitrogens is 3. The van der Waals surface area contributed by atoms with Gasteiger partial charge >= 0.3 is 6.30 Å². The van der Waals surface area contributed by atoms with Gasteiger partial charge in [-0.15, -0.1) is 13.2 Å². The average Bonchev–Trinajstić information content (AvgIpc) is 3.27. The number of carbonyl (C=O) groups excluding carboxylic acids is 1. The van der Waals surface area contributed by atoms with Crippen LogP contribution in [0.4, 0.5) is 36.4 Å². The maximum Gasteiger partial charge on any atom is 0.504 e. The molecule has 1 atom stereocenters. The third-order valence-electron chi connectivity index (χ3n) is 5.11. The van der Waals surface area contributed by atoms with Crippen molar-refractivity contribution in [1.29, 1.82) is 0 Å². The number of benzene rings is 1. The van der Waals surface area contributed by atoms with Gasteiger partial charge in [0, 0.05) is 29.9 Å². The number of pyridine rings is 1. The van der Waals surface area contributed by atoms with Crippen LogP contribution in [0.5, 0.6) is 0 Å². The Bertz CT molecular complexity index is 1220. The monoisotopic (exact) mass is 488 g/mol. The summed E-state index contributed by atoms with van der Waals surface area (Å²) >= 11 is 0. The van der Waals surface area contributed by atoms with E-state index in [0.29, 0.717) is 12.4 Å². The lowest BCUT2D eigenvalue weighted by atomic mass is 9.97. The van der Waals surface area contributed by atoms with E-state index in [0.717, 1.165) is 18.2 Å². The fraction of sp³-hybridized carbons (Fsp3) is 0.286. The van der Waals surface area contributed by atoms with Crippen LogP contribution in [0.2, 0.25) is 0 Å². The molecule has 1 aliphatic heterocycles. The Morgan fingerprint density at radius 3 is 2.59 bits per heavy atom. The van der Waals surface area contributed by atoms with Crippen molar-refractivity contribution in [3.8, 4) is 11.1 Å². The highest BCUT2D eigenvalue weighted by molar-refractivity contribution is 6.06. The van der Waals surface area contributed by atoms with Crippen LogP contribution in [0.3, 0.4) is 0 Å². The molecular formula is C21H15F7N4O2. The fourth-order valence-electron chi connectivity index (χ4n) is 3.48. The van der Waals surface area contributed by atoms with Crippen LogP contribution in [0, 0.1) is 11.6 Å². The number of hydrogen-bond donors (Lipinski definition) is 1. The number of rotatable bonds is 4. The van der Waals surface area contributed by atoms with Crippen LogP contribution in [-0.4, -0.2) is 33.2 Å². The Hall–Kier alpha value is -3.48. The van der Waals surface area contributed by atoms with Crippen molar-refractivity contribution >= 4 is 11.6 Å². The number of anilines is 1. The van der Waals surface area contributed by atoms with E-state index in [1.165, 1.54) is 12.3 Å². The van der Waals surface area contributed by atoms with Crippen molar-refractivity contribution in [2.24, 2.45) is 0 Å². The van der Waals surface area contributed by atoms with E-state index in [4.69, 9.17) is 4.74 Å². The average molecular weight is 488 g/mol. The molecule has 180 valence electrons. The second kappa shape index (κ2) is 8.70. The summed E-state index contributed by atoms with van der Waals surface area (Å²) in [5.74, 6) is -5.80. The molecule has 0 bridgehead atoms. The number of amides is 1. The van der Waals surface area contributed by atoms with E-state index in [2.05, 4.69) is 15.4 Å². The molecule has 1 unspecified atom stereocenters. The minimum Gasteiger partial charge on any atom is -0.366 e. The third-order valence-corrected chi connectivity index (χ3v) is 5.11. The highest BCUT2D eigenvalue weighted by Gasteiger charge is 2.38. The molecule has 4 rings (SSSR count). The molecule has 1 N–H and O–H groups in total. The van der Waals surface area contributed by atoms with Crippen LogP contribution < -0.4 is 5.32 Å². The third kappa shape index (κ3) is 4.88. The van der Waals surface area contributed by atoms with E-state index in [1.807, 2.05) is 0 Å². The van der Waals surface area contributed by atoms with Crippen LogP contribution in [0.15, 0.2) is 42.9 Å². The molecule has 1 amide bonds. The molecule has 2 aromatic heterocycles. The van der Waals surface area contributed by atoms with Gasteiger partial charge in [0.25, 0.3) is 11.8 Å². The molecule has 1 fully saturated rings. The first-order valence-corrected chi connectivity index (χ1v) is 9.81. The zero-order valence-electron chi connectivity index (χ0n) is 17.0. The lowest BCUT2D eigenvalue weighted by molar-refractivity contribution is -0.212. The standard InChI is InChI=1S/C21H15F7N4O2/c22-12-1-2-15(23)14(7-12)13-4-6-29-18(16-3-5-20(24,25)10-34-16)17(13)31-19(33)11-8-30-32(9-11)21(26,27)28/h1-2,4,6-9,16H,3,5,10H2,(H,31,33). The van der Waals surface area contributed by atoms with Crippen LogP contribution >= 0.6 is 0 Å². The molecule has 34 heavy (non-hydrogen) atoms. The maximum atomic E-state index is 14.5. The summed E-state index contributed by atoms with van der Waals surface area (Å²) in [4.78, 5) is 16.8. The van der Waals surface area contributed by atoms with E-state index in [1.54, 1.807) is 0 Å². The summed E-state index contributed by atoms with van der Waals surface area (Å²) in [7, 11) is 0. The van der Waals surface area contributed by atoms with Crippen molar-refractivity contribution in [3.63, 3.8) is 0 Å². The summed E-state index contributed by atoms with van der Waals surface area (Å²) in [5, 5.41) is 5.43. The summed E-state index contributed by atoms with van der Waals surface area (Å²) < 4.78 is 98.8. The molecule has 6 nitrogen and oxygen atoms in total. The van der Waals surface area contributed by atoms with E-state index in [9.17, 15) is 35.5 Å². The smallest absolute Gasteiger partial charge is 0.366 e. The number of hydrogen-bond acceptors (Lipinski definition) is 4. The quantitative estimate of drug-likeness (QED) is 0.497. The van der Waals surface area contributed by atoms with Gasteiger partial charge in [-0.3, -0.25) is 9.78 Å². The lowest BCUT2D eigenvalue weighted by Gasteiger charge is -2.30. The van der Waals surface area contributed by atoms with Gasteiger partial charge in [0.2, 0.25) is 0 Å². The minimum absolute atomic E-state index is 0.0618. The summed E-state index contributed by atoms with van der Waals surface area (Å²) in [6.45, 7) is -0.927. The first kappa shape index (κ1) is 23.7. The SMILES string of the molecule is O=C(Nc1c(-c2cc(F)ccc2F)ccnc1C1CCC(F)(F)CO1)c1cnn(C(F)(F)F)c1. The molecule has 13 heteroatoms. The van der Waals surface area contributed by atoms with E-state index < -0.39 is 54.5 Å². The van der Waals surface area contributed by atoms with Gasteiger partial charge in [-0.25, -0.2) is 17.6 Å². The summed E-state index contributed by atoms with van der Waals surface area (Å²) in [6, 6.07) is 3.81. The number of halogens is 7. The Labute approximate surface area is 187 Å². The largest absolute Gasteiger partial charge is 0.504 e. The van der Waals surface area contributed by atoms with Gasteiger partial charge in [0.05, 0.1) is 23.1 Å². The maximum absolute atomic E-state index is 14.5. The molecule has 0 spiro atoms. The Morgan fingerprint density at radius 1 is 1.18 bits per heavy atom. The lowest BCUT2D eigenvalue weighted by Crippen LogP contribution is -2.31. The van der Waals surface area contributed by atoms with Crippen molar-refractivity contribution in [1.82, 2.24) is 14.8 Å². The van der Waals surface area contributed by atoms with Gasteiger partial charge in [-0.05, 0) is 30.7 Å². The highest BCUT2D eigenvalue weighted by atomic mass is 19.4. The predicted octanol–water partition coefficient (Wildman–Crippen LogP) is 5.44. The summed E-state index contributed by atoms with van der Waals surface area (Å²) in [5.41, 5.74) is -1.13. The van der Waals surface area contributed by atoms with Crippen molar-refractivity contribution in [3.05, 3.63) is 65.7 Å². The van der Waals surface area contributed by atoms with Crippen LogP contribution in [0.25, 0.3) is 11.1 Å². The number of carbonyl (C=O) groups is 1. The van der Waals surface area contributed by atoms with Crippen molar-refractivity contribution in [2.75, 3.05) is 11.9 Å². The molecule has 1 saturated heterocycles. The van der Waals surface area contributed by atoms with Gasteiger partial charge in [-0.2, -0.15) is 9.78 Å². The van der Waals surface area contributed by atoms with Gasteiger partial charge in [0.15, 0.2) is 0 Å². The summed E-state index contributed by atoms with van der Waals surface area (Å²) in [6.07, 6.45) is -4.36. The molecule has 1 aliphatic rings. The normalized spacial score (nSPS) is 18.0. The van der Waals surface area contributed by atoms with Gasteiger partial charge in [-0.1, -0.05) is 0 Å². The zero-order chi connectivity index (χ0) is 24.7. The predicted molar refractivity (Wildman–Crippen MR) is 104 cm³/mol. The zero-order valence-corrected chi connectivity index (χ0v) is 17.0. The molecule has 1 aromatic carbocycles. The van der Waals surface area contributed by atoms with Crippen molar-refractivity contribution in [2.45, 2.75) is 31.2 Å². The fourth-order valence-corrected chi connectivity index (χ4v) is 3.48. The second-order valence-electron chi connectivity index (χ2n) is 7.53. The minimum atomic E-state index is -4.87. The number of nitrogens with one attached hydrogen (secondary N) is 1. The molecule has 0 aliphatic carbocycles. The van der Waals surface area contributed by atoms with Gasteiger partial charge < -0.3 is 10.1 Å². The molecule has 0 saturated carbocycles. The molecule has 3 aromatic rings. The van der Waals surface area contributed by atoms with E-state index in [-0.39, 0.29) is 33.6 Å². The molecular weight excluding hydrogens is 473 g/mol. The van der Waals surface area contributed by atoms with E-state index >= 15 is 0 Å². The first-order chi connectivity index (χ1) is 15.9. The molecule has 3 heterocycles. The second-order valence-corrected chi connectivity index (χ2v) is 7.53. The van der Waals surface area contributed by atoms with Crippen LogP contribution in [-0.2, 0) is 11.0 Å². The number of ether oxygens (including phenoxy) is 1. The van der Waals surface area contributed by atoms with Gasteiger partial charge in [0.1, 0.15) is 24.3 Å². The number of nitrogens with zero attached hydrogens (tertiary/aromatic N) is 3. The Balaban J connectivity index is 1.77. The van der Waals surface area contributed by atoms with Crippen molar-refractivity contribution < 1.29 is 40.3 Å².